The van der Waals surface area contributed by atoms with E-state index in [2.05, 4.69) is 15.2 Å². The van der Waals surface area contributed by atoms with E-state index < -0.39 is 0 Å². The fourth-order valence-electron chi connectivity index (χ4n) is 1.26. The van der Waals surface area contributed by atoms with Gasteiger partial charge in [-0.15, -0.1) is 5.10 Å². The van der Waals surface area contributed by atoms with Crippen LogP contribution in [0.1, 0.15) is 12.8 Å². The maximum absolute atomic E-state index is 5.57. The molecule has 0 amide bonds. The zero-order valence-electron chi connectivity index (χ0n) is 9.33. The molecule has 1 aromatic carbocycles. The van der Waals surface area contributed by atoms with Crippen LogP contribution in [0.2, 0.25) is 0 Å². The molecule has 0 bridgehead atoms. The number of nitrogens with zero attached hydrogens (tertiary/aromatic N) is 3. The third kappa shape index (κ3) is 3.07. The van der Waals surface area contributed by atoms with Crippen LogP contribution in [0.4, 0.5) is 0 Å². The van der Waals surface area contributed by atoms with Gasteiger partial charge in [0, 0.05) is 0 Å². The molecule has 17 heavy (non-hydrogen) atoms. The molecule has 2 N–H and O–H groups in total. The lowest BCUT2D eigenvalue weighted by molar-refractivity contribution is 0.593. The van der Waals surface area contributed by atoms with Gasteiger partial charge in [-0.3, -0.25) is 0 Å². The molecule has 0 aliphatic rings. The topological polar surface area (TPSA) is 76.8 Å². The van der Waals surface area contributed by atoms with Crippen LogP contribution in [-0.4, -0.2) is 22.1 Å². The molecule has 0 spiro atoms. The van der Waals surface area contributed by atoms with E-state index in [1.165, 1.54) is 18.0 Å². The van der Waals surface area contributed by atoms with Crippen LogP contribution in [0.25, 0.3) is 11.1 Å². The first-order valence-electron chi connectivity index (χ1n) is 5.14. The third-order valence-electron chi connectivity index (χ3n) is 1.93. The van der Waals surface area contributed by atoms with Gasteiger partial charge in [0.2, 0.25) is 5.89 Å². The molecular weight excluding hydrogens is 236 g/mol. The van der Waals surface area contributed by atoms with Crippen LogP contribution in [-0.2, 0) is 0 Å². The van der Waals surface area contributed by atoms with E-state index in [1.807, 2.05) is 31.2 Å². The molecule has 2 rings (SSSR count). The van der Waals surface area contributed by atoms with Crippen LogP contribution < -0.4 is 5.73 Å². The molecule has 0 atom stereocenters. The van der Waals surface area contributed by atoms with Gasteiger partial charge in [-0.25, -0.2) is 4.98 Å². The number of hydrogen-bond acceptors (Lipinski definition) is 5. The summed E-state index contributed by atoms with van der Waals surface area (Å²) >= 11 is 1.43. The Morgan fingerprint density at radius 3 is 3.12 bits per heavy atom. The maximum Gasteiger partial charge on any atom is 0.240 e. The van der Waals surface area contributed by atoms with Crippen LogP contribution in [0.3, 0.4) is 0 Å². The molecule has 6 heteroatoms. The van der Waals surface area contributed by atoms with E-state index in [-0.39, 0.29) is 0 Å². The molecule has 0 aliphatic carbocycles. The Hall–Kier alpha value is -1.82. The normalized spacial score (nSPS) is 12.6. The third-order valence-corrected chi connectivity index (χ3v) is 2.59. The van der Waals surface area contributed by atoms with Gasteiger partial charge >= 0.3 is 0 Å². The molecule has 0 radical (unpaired) electrons. The first kappa shape index (κ1) is 11.7. The summed E-state index contributed by atoms with van der Waals surface area (Å²) < 4.78 is 5.43. The van der Waals surface area contributed by atoms with E-state index in [0.717, 1.165) is 16.9 Å². The lowest BCUT2D eigenvalue weighted by Gasteiger charge is -1.90. The SMILES string of the molecule is CCS/C(N)=N/N=C/c1nc2ccccc2o1. The lowest BCUT2D eigenvalue weighted by atomic mass is 10.3. The summed E-state index contributed by atoms with van der Waals surface area (Å²) in [5.74, 6) is 1.29. The molecule has 1 aromatic heterocycles. The Bertz CT molecular complexity index is 528. The number of fused-ring (bicyclic) bond motifs is 1. The number of para-hydroxylation sites is 2. The zero-order valence-corrected chi connectivity index (χ0v) is 10.1. The highest BCUT2D eigenvalue weighted by Gasteiger charge is 2.01. The Balaban J connectivity index is 2.13. The Morgan fingerprint density at radius 2 is 2.35 bits per heavy atom. The number of rotatable bonds is 3. The predicted molar refractivity (Wildman–Crippen MR) is 71.4 cm³/mol. The standard InChI is InChI=1S/C11H12N4OS/c1-2-17-11(12)15-13-7-10-14-8-5-3-4-6-9(8)16-10/h3-7H,2H2,1H3,(H2,12,15)/b13-7+. The minimum absolute atomic E-state index is 0.421. The smallest absolute Gasteiger partial charge is 0.240 e. The predicted octanol–water partition coefficient (Wildman–Crippen LogP) is 2.23. The number of oxazole rings is 1. The highest BCUT2D eigenvalue weighted by molar-refractivity contribution is 8.13. The van der Waals surface area contributed by atoms with Gasteiger partial charge in [-0.2, -0.15) is 5.10 Å². The van der Waals surface area contributed by atoms with Crippen molar-refractivity contribution in [3.05, 3.63) is 30.2 Å². The minimum atomic E-state index is 0.421. The second-order valence-corrected chi connectivity index (χ2v) is 4.42. The summed E-state index contributed by atoms with van der Waals surface area (Å²) in [6.45, 7) is 2.00. The monoisotopic (exact) mass is 248 g/mol. The average molecular weight is 248 g/mol. The van der Waals surface area contributed by atoms with Crippen molar-refractivity contribution >= 4 is 34.2 Å². The van der Waals surface area contributed by atoms with Crippen molar-refractivity contribution in [3.63, 3.8) is 0 Å². The van der Waals surface area contributed by atoms with Crippen LogP contribution in [0.15, 0.2) is 38.9 Å². The van der Waals surface area contributed by atoms with Crippen LogP contribution in [0, 0.1) is 0 Å². The highest BCUT2D eigenvalue weighted by Crippen LogP contribution is 2.13. The molecule has 2 aromatic rings. The van der Waals surface area contributed by atoms with E-state index >= 15 is 0 Å². The molecule has 88 valence electrons. The average Bonchev–Trinajstić information content (AvgIpc) is 2.71. The van der Waals surface area contributed by atoms with Gasteiger partial charge in [0.25, 0.3) is 0 Å². The van der Waals surface area contributed by atoms with Crippen molar-refractivity contribution in [1.29, 1.82) is 0 Å². The Morgan fingerprint density at radius 1 is 1.53 bits per heavy atom. The molecular formula is C11H12N4OS. The molecule has 0 saturated carbocycles. The van der Waals surface area contributed by atoms with Crippen LogP contribution >= 0.6 is 11.8 Å². The largest absolute Gasteiger partial charge is 0.435 e. The summed E-state index contributed by atoms with van der Waals surface area (Å²) in [6.07, 6.45) is 1.45. The highest BCUT2D eigenvalue weighted by atomic mass is 32.2. The Labute approximate surface area is 103 Å². The minimum Gasteiger partial charge on any atom is -0.435 e. The van der Waals surface area contributed by atoms with Gasteiger partial charge < -0.3 is 10.2 Å². The molecule has 0 aliphatic heterocycles. The number of aromatic nitrogens is 1. The maximum atomic E-state index is 5.57. The summed E-state index contributed by atoms with van der Waals surface area (Å²) in [7, 11) is 0. The van der Waals surface area contributed by atoms with E-state index in [1.54, 1.807) is 0 Å². The number of thioether (sulfide) groups is 1. The van der Waals surface area contributed by atoms with Crippen molar-refractivity contribution in [2.24, 2.45) is 15.9 Å². The second kappa shape index (κ2) is 5.49. The van der Waals surface area contributed by atoms with E-state index in [0.29, 0.717) is 11.1 Å². The van der Waals surface area contributed by atoms with Gasteiger partial charge in [0.05, 0.1) is 0 Å². The lowest BCUT2D eigenvalue weighted by Crippen LogP contribution is -2.05. The number of amidine groups is 1. The van der Waals surface area contributed by atoms with Gasteiger partial charge in [0.15, 0.2) is 10.8 Å². The first-order valence-corrected chi connectivity index (χ1v) is 6.13. The number of hydrogen-bond donors (Lipinski definition) is 1. The van der Waals surface area contributed by atoms with Crippen molar-refractivity contribution in [2.45, 2.75) is 6.92 Å². The van der Waals surface area contributed by atoms with Crippen molar-refractivity contribution < 1.29 is 4.42 Å². The molecule has 0 saturated heterocycles. The molecule has 1 heterocycles. The number of benzene rings is 1. The molecule has 0 fully saturated rings. The first-order chi connectivity index (χ1) is 8.29. The summed E-state index contributed by atoms with van der Waals surface area (Å²) in [4.78, 5) is 4.22. The van der Waals surface area contributed by atoms with Crippen molar-refractivity contribution in [1.82, 2.24) is 4.98 Å². The second-order valence-electron chi connectivity index (χ2n) is 3.14. The molecule has 5 nitrogen and oxygen atoms in total. The van der Waals surface area contributed by atoms with Crippen molar-refractivity contribution in [2.75, 3.05) is 5.75 Å². The summed E-state index contributed by atoms with van der Waals surface area (Å²) in [6, 6.07) is 7.52. The Kier molecular flexibility index (Phi) is 3.77. The fraction of sp³-hybridized carbons (Fsp3) is 0.182. The zero-order chi connectivity index (χ0) is 12.1. The van der Waals surface area contributed by atoms with Crippen LogP contribution in [0.5, 0.6) is 0 Å². The van der Waals surface area contributed by atoms with Crippen molar-refractivity contribution in [3.8, 4) is 0 Å². The van der Waals surface area contributed by atoms with E-state index in [4.69, 9.17) is 10.2 Å². The molecule has 0 unspecified atom stereocenters. The van der Waals surface area contributed by atoms with Gasteiger partial charge in [0.1, 0.15) is 11.7 Å². The summed E-state index contributed by atoms with van der Waals surface area (Å²) in [5.41, 5.74) is 7.10. The number of nitrogens with two attached hydrogens (primary N) is 1. The fourth-order valence-corrected chi connectivity index (χ4v) is 1.66. The van der Waals surface area contributed by atoms with Gasteiger partial charge in [-0.05, 0) is 17.9 Å². The quantitative estimate of drug-likeness (QED) is 0.513. The van der Waals surface area contributed by atoms with E-state index in [9.17, 15) is 0 Å². The van der Waals surface area contributed by atoms with Gasteiger partial charge in [-0.1, -0.05) is 30.8 Å². The summed E-state index contributed by atoms with van der Waals surface area (Å²) in [5, 5.41) is 8.05.